The Kier molecular flexibility index (Phi) is 6.09. The van der Waals surface area contributed by atoms with E-state index in [0.717, 1.165) is 31.7 Å². The molecule has 108 valence electrons. The van der Waals surface area contributed by atoms with E-state index < -0.39 is 0 Å². The van der Waals surface area contributed by atoms with Gasteiger partial charge in [0.25, 0.3) is 0 Å². The molecule has 0 atom stereocenters. The summed E-state index contributed by atoms with van der Waals surface area (Å²) in [7, 11) is 0. The summed E-state index contributed by atoms with van der Waals surface area (Å²) >= 11 is 1.84. The molecule has 2 aromatic rings. The topological polar surface area (TPSA) is 21.3 Å². The highest BCUT2D eigenvalue weighted by Gasteiger charge is 2.04. The largest absolute Gasteiger partial charge is 0.488 e. The van der Waals surface area contributed by atoms with Gasteiger partial charge < -0.3 is 10.1 Å². The van der Waals surface area contributed by atoms with Crippen LogP contribution in [-0.2, 0) is 19.6 Å². The Morgan fingerprint density at radius 2 is 1.85 bits per heavy atom. The van der Waals surface area contributed by atoms with Crippen molar-refractivity contribution in [2.24, 2.45) is 0 Å². The minimum atomic E-state index is 0.662. The summed E-state index contributed by atoms with van der Waals surface area (Å²) in [5, 5.41) is 3.43. The van der Waals surface area contributed by atoms with Gasteiger partial charge in [0.1, 0.15) is 12.4 Å². The molecule has 0 amide bonds. The molecule has 0 spiro atoms. The van der Waals surface area contributed by atoms with Crippen LogP contribution in [-0.4, -0.2) is 6.54 Å². The maximum absolute atomic E-state index is 5.98. The average Bonchev–Trinajstić information content (AvgIpc) is 2.94. The van der Waals surface area contributed by atoms with E-state index in [4.69, 9.17) is 4.74 Å². The molecule has 0 saturated heterocycles. The molecule has 1 heterocycles. The van der Waals surface area contributed by atoms with Crippen molar-refractivity contribution in [1.29, 1.82) is 0 Å². The first-order valence-corrected chi connectivity index (χ1v) is 8.14. The van der Waals surface area contributed by atoms with Crippen molar-refractivity contribution in [3.05, 3.63) is 51.7 Å². The van der Waals surface area contributed by atoms with E-state index in [2.05, 4.69) is 49.5 Å². The lowest BCUT2D eigenvalue weighted by atomic mass is 10.2. The lowest BCUT2D eigenvalue weighted by molar-refractivity contribution is 0.305. The van der Waals surface area contributed by atoms with Crippen LogP contribution in [0.25, 0.3) is 0 Å². The molecule has 0 saturated carbocycles. The molecule has 3 heteroatoms. The van der Waals surface area contributed by atoms with Crippen molar-refractivity contribution >= 4 is 11.3 Å². The second-order valence-electron chi connectivity index (χ2n) is 4.79. The predicted molar refractivity (Wildman–Crippen MR) is 86.5 cm³/mol. The molecule has 20 heavy (non-hydrogen) atoms. The SMILES string of the molecule is CCCNCc1ccccc1OCc1ccc(CC)s1. The van der Waals surface area contributed by atoms with Crippen LogP contribution in [0.1, 0.15) is 35.6 Å². The molecule has 0 unspecified atom stereocenters. The number of rotatable bonds is 8. The van der Waals surface area contributed by atoms with Gasteiger partial charge in [0.05, 0.1) is 0 Å². The Labute approximate surface area is 125 Å². The summed E-state index contributed by atoms with van der Waals surface area (Å²) in [4.78, 5) is 2.71. The molecule has 0 aliphatic rings. The standard InChI is InChI=1S/C17H23NOS/c1-3-11-18-12-14-7-5-6-8-17(14)19-13-16-10-9-15(4-2)20-16/h5-10,18H,3-4,11-13H2,1-2H3. The third-order valence-electron chi connectivity index (χ3n) is 3.15. The highest BCUT2D eigenvalue weighted by Crippen LogP contribution is 2.22. The number of nitrogens with one attached hydrogen (secondary N) is 1. The molecule has 0 aliphatic heterocycles. The van der Waals surface area contributed by atoms with E-state index in [-0.39, 0.29) is 0 Å². The van der Waals surface area contributed by atoms with Gasteiger partial charge in [-0.15, -0.1) is 11.3 Å². The maximum atomic E-state index is 5.98. The normalized spacial score (nSPS) is 10.7. The lowest BCUT2D eigenvalue weighted by Gasteiger charge is -2.11. The van der Waals surface area contributed by atoms with E-state index in [1.807, 2.05) is 17.4 Å². The third kappa shape index (κ3) is 4.36. The summed E-state index contributed by atoms with van der Waals surface area (Å²) < 4.78 is 5.98. The van der Waals surface area contributed by atoms with Crippen LogP contribution >= 0.6 is 11.3 Å². The van der Waals surface area contributed by atoms with Gasteiger partial charge >= 0.3 is 0 Å². The lowest BCUT2D eigenvalue weighted by Crippen LogP contribution is -2.14. The first kappa shape index (κ1) is 15.1. The number of benzene rings is 1. The molecule has 2 nitrogen and oxygen atoms in total. The number of thiophene rings is 1. The van der Waals surface area contributed by atoms with E-state index >= 15 is 0 Å². The van der Waals surface area contributed by atoms with Crippen molar-refractivity contribution < 1.29 is 4.74 Å². The highest BCUT2D eigenvalue weighted by molar-refractivity contribution is 7.11. The van der Waals surface area contributed by atoms with E-state index in [1.165, 1.54) is 15.3 Å². The third-order valence-corrected chi connectivity index (χ3v) is 4.35. The van der Waals surface area contributed by atoms with Crippen LogP contribution < -0.4 is 10.1 Å². The van der Waals surface area contributed by atoms with E-state index in [0.29, 0.717) is 6.61 Å². The smallest absolute Gasteiger partial charge is 0.124 e. The molecule has 0 aliphatic carbocycles. The number of hydrogen-bond acceptors (Lipinski definition) is 3. The molecular weight excluding hydrogens is 266 g/mol. The van der Waals surface area contributed by atoms with E-state index in [1.54, 1.807) is 0 Å². The van der Waals surface area contributed by atoms with Crippen LogP contribution in [0.3, 0.4) is 0 Å². The summed E-state index contributed by atoms with van der Waals surface area (Å²) in [5.74, 6) is 0.988. The fourth-order valence-electron chi connectivity index (χ4n) is 2.03. The van der Waals surface area contributed by atoms with Crippen LogP contribution in [0.15, 0.2) is 36.4 Å². The second-order valence-corrected chi connectivity index (χ2v) is 6.05. The highest BCUT2D eigenvalue weighted by atomic mass is 32.1. The van der Waals surface area contributed by atoms with Crippen LogP contribution in [0.4, 0.5) is 0 Å². The van der Waals surface area contributed by atoms with Gasteiger partial charge in [-0.1, -0.05) is 32.0 Å². The van der Waals surface area contributed by atoms with Crippen molar-refractivity contribution in [2.45, 2.75) is 39.8 Å². The minimum Gasteiger partial charge on any atom is -0.488 e. The van der Waals surface area contributed by atoms with E-state index in [9.17, 15) is 0 Å². The van der Waals surface area contributed by atoms with Crippen LogP contribution in [0.5, 0.6) is 5.75 Å². The summed E-state index contributed by atoms with van der Waals surface area (Å²) in [6, 6.07) is 12.6. The van der Waals surface area contributed by atoms with Crippen molar-refractivity contribution in [3.63, 3.8) is 0 Å². The van der Waals surface area contributed by atoms with Crippen LogP contribution in [0.2, 0.25) is 0 Å². The fraction of sp³-hybridized carbons (Fsp3) is 0.412. The summed E-state index contributed by atoms with van der Waals surface area (Å²) in [5.41, 5.74) is 1.23. The number of aryl methyl sites for hydroxylation is 1. The second kappa shape index (κ2) is 8.08. The maximum Gasteiger partial charge on any atom is 0.124 e. The first-order valence-electron chi connectivity index (χ1n) is 7.32. The number of para-hydroxylation sites is 1. The van der Waals surface area contributed by atoms with Gasteiger partial charge in [-0.25, -0.2) is 0 Å². The van der Waals surface area contributed by atoms with Gasteiger partial charge in [0.2, 0.25) is 0 Å². The monoisotopic (exact) mass is 289 g/mol. The molecule has 2 rings (SSSR count). The Morgan fingerprint density at radius 1 is 1.05 bits per heavy atom. The summed E-state index contributed by atoms with van der Waals surface area (Å²) in [6.07, 6.45) is 2.25. The zero-order valence-electron chi connectivity index (χ0n) is 12.3. The molecule has 1 N–H and O–H groups in total. The fourth-order valence-corrected chi connectivity index (χ4v) is 2.90. The Hall–Kier alpha value is -1.32. The van der Waals surface area contributed by atoms with Gasteiger partial charge in [-0.2, -0.15) is 0 Å². The van der Waals surface area contributed by atoms with Crippen molar-refractivity contribution in [1.82, 2.24) is 5.32 Å². The van der Waals surface area contributed by atoms with Gasteiger partial charge in [0.15, 0.2) is 0 Å². The Balaban J connectivity index is 1.94. The minimum absolute atomic E-state index is 0.662. The Morgan fingerprint density at radius 3 is 2.60 bits per heavy atom. The van der Waals surface area contributed by atoms with Crippen LogP contribution in [0, 0.1) is 0 Å². The van der Waals surface area contributed by atoms with Crippen molar-refractivity contribution in [2.75, 3.05) is 6.54 Å². The average molecular weight is 289 g/mol. The van der Waals surface area contributed by atoms with Gasteiger partial charge in [-0.05, 0) is 37.6 Å². The van der Waals surface area contributed by atoms with Crippen molar-refractivity contribution in [3.8, 4) is 5.75 Å². The molecule has 0 fully saturated rings. The molecule has 1 aromatic heterocycles. The summed E-state index contributed by atoms with van der Waals surface area (Å²) in [6.45, 7) is 6.94. The molecular formula is C17H23NOS. The Bertz CT molecular complexity index is 521. The van der Waals surface area contributed by atoms with Gasteiger partial charge in [0, 0.05) is 21.9 Å². The quantitative estimate of drug-likeness (QED) is 0.728. The molecule has 1 aromatic carbocycles. The zero-order valence-corrected chi connectivity index (χ0v) is 13.1. The number of hydrogen-bond donors (Lipinski definition) is 1. The zero-order chi connectivity index (χ0) is 14.2. The number of ether oxygens (including phenoxy) is 1. The molecule has 0 radical (unpaired) electrons. The molecule has 0 bridgehead atoms. The van der Waals surface area contributed by atoms with Gasteiger partial charge in [-0.3, -0.25) is 0 Å². The predicted octanol–water partition coefficient (Wildman–Crippen LogP) is 4.39. The first-order chi connectivity index (χ1) is 9.83.